The average molecular weight is 642 g/mol. The lowest BCUT2D eigenvalue weighted by atomic mass is 9.76. The molecule has 1 aromatic carbocycles. The van der Waals surface area contributed by atoms with Crippen LogP contribution in [-0.2, 0) is 45.9 Å². The lowest BCUT2D eigenvalue weighted by Crippen LogP contribution is -2.60. The molecule has 3 unspecified atom stereocenters. The summed E-state index contributed by atoms with van der Waals surface area (Å²) >= 11 is 0. The minimum Gasteiger partial charge on any atom is -0.469 e. The van der Waals surface area contributed by atoms with Crippen molar-refractivity contribution in [2.45, 2.75) is 77.9 Å². The summed E-state index contributed by atoms with van der Waals surface area (Å²) in [5, 5.41) is 9.82. The van der Waals surface area contributed by atoms with Gasteiger partial charge in [-0.25, -0.2) is 4.79 Å². The third-order valence-corrected chi connectivity index (χ3v) is 8.32. The summed E-state index contributed by atoms with van der Waals surface area (Å²) < 4.78 is 11.4. The van der Waals surface area contributed by atoms with Gasteiger partial charge in [-0.2, -0.15) is 0 Å². The number of carbonyl (C=O) groups excluding carboxylic acids is 5. The minimum absolute atomic E-state index is 0.00856. The monoisotopic (exact) mass is 641 g/mol. The molecule has 0 fully saturated rings. The van der Waals surface area contributed by atoms with Gasteiger partial charge >= 0.3 is 11.9 Å². The fourth-order valence-corrected chi connectivity index (χ4v) is 5.41. The highest BCUT2D eigenvalue weighted by molar-refractivity contribution is 5.96. The molecule has 0 radical (unpaired) electrons. The quantitative estimate of drug-likeness (QED) is 0.211. The van der Waals surface area contributed by atoms with E-state index in [0.717, 1.165) is 16.5 Å². The summed E-state index contributed by atoms with van der Waals surface area (Å²) in [6.07, 6.45) is 3.53. The summed E-state index contributed by atoms with van der Waals surface area (Å²) in [5.41, 5.74) is 1.06. The second-order valence-electron chi connectivity index (χ2n) is 13.2. The van der Waals surface area contributed by atoms with Gasteiger partial charge in [0.1, 0.15) is 12.1 Å². The first-order chi connectivity index (χ1) is 21.4. The van der Waals surface area contributed by atoms with Crippen molar-refractivity contribution >= 4 is 40.6 Å². The largest absolute Gasteiger partial charge is 0.469 e. The van der Waals surface area contributed by atoms with Crippen molar-refractivity contribution in [3.8, 4) is 0 Å². The molecule has 12 heteroatoms. The van der Waals surface area contributed by atoms with E-state index in [9.17, 15) is 24.0 Å². The molecule has 3 amide bonds. The molecule has 0 bridgehead atoms. The molecule has 3 atom stereocenters. The number of hydrogen-bond donors (Lipinski definition) is 3. The van der Waals surface area contributed by atoms with Gasteiger partial charge < -0.3 is 34.9 Å². The highest BCUT2D eigenvalue weighted by Crippen LogP contribution is 2.35. The molecule has 12 nitrogen and oxygen atoms in total. The third-order valence-electron chi connectivity index (χ3n) is 8.32. The molecule has 46 heavy (non-hydrogen) atoms. The van der Waals surface area contributed by atoms with E-state index >= 15 is 0 Å². The van der Waals surface area contributed by atoms with Crippen LogP contribution in [0.3, 0.4) is 0 Å². The molecule has 2 aromatic rings. The van der Waals surface area contributed by atoms with E-state index in [-0.39, 0.29) is 36.8 Å². The second kappa shape index (κ2) is 15.9. The van der Waals surface area contributed by atoms with Crippen molar-refractivity contribution in [1.29, 1.82) is 0 Å². The Morgan fingerprint density at radius 2 is 1.61 bits per heavy atom. The van der Waals surface area contributed by atoms with Crippen LogP contribution in [0.4, 0.5) is 0 Å². The Morgan fingerprint density at radius 1 is 0.978 bits per heavy atom. The Labute approximate surface area is 272 Å². The maximum absolute atomic E-state index is 13.9. The maximum Gasteiger partial charge on any atom is 0.328 e. The molecular formula is C34H51N5O7. The van der Waals surface area contributed by atoms with Crippen molar-refractivity contribution in [3.63, 3.8) is 0 Å². The molecular weight excluding hydrogens is 590 g/mol. The molecule has 0 aliphatic heterocycles. The molecule has 0 spiro atoms. The summed E-state index contributed by atoms with van der Waals surface area (Å²) in [4.78, 5) is 65.6. The minimum atomic E-state index is -1.04. The highest BCUT2D eigenvalue weighted by Gasteiger charge is 2.41. The number of amides is 3. The van der Waals surface area contributed by atoms with Gasteiger partial charge in [0.25, 0.3) is 0 Å². The highest BCUT2D eigenvalue weighted by atomic mass is 16.5. The van der Waals surface area contributed by atoms with Crippen LogP contribution in [-0.4, -0.2) is 92.1 Å². The van der Waals surface area contributed by atoms with Gasteiger partial charge in [0.05, 0.1) is 20.3 Å². The van der Waals surface area contributed by atoms with Gasteiger partial charge in [-0.05, 0) is 37.4 Å². The molecule has 254 valence electrons. The topological polar surface area (TPSA) is 148 Å². The predicted molar refractivity (Wildman–Crippen MR) is 177 cm³/mol. The first-order valence-corrected chi connectivity index (χ1v) is 15.3. The molecule has 0 saturated heterocycles. The molecule has 0 aliphatic carbocycles. The first-order valence-electron chi connectivity index (χ1n) is 15.3. The number of aryl methyl sites for hydroxylation is 1. The van der Waals surface area contributed by atoms with E-state index in [0.29, 0.717) is 0 Å². The van der Waals surface area contributed by atoms with Crippen molar-refractivity contribution in [1.82, 2.24) is 25.4 Å². The normalized spacial score (nSPS) is 14.2. The van der Waals surface area contributed by atoms with Crippen LogP contribution < -0.4 is 16.0 Å². The Morgan fingerprint density at radius 3 is 2.17 bits per heavy atom. The molecule has 0 saturated carbocycles. The van der Waals surface area contributed by atoms with Gasteiger partial charge in [0, 0.05) is 55.1 Å². The Bertz CT molecular complexity index is 1450. The standard InChI is InChI=1S/C34H51N5O7/c1-21(29(41)36-24(32(44)46-11)16-17-26(40)45-10)18-19-38(8)31(43)28(33(2,3)4)37-30(42)27(35-7)34(5,6)23-20-39(9)25-15-13-12-14-22(23)25/h12-15,18,20,24,27-28,35H,16-17,19H2,1-11H3,(H,36,41)(H,37,42)/b21-18+. The molecule has 1 heterocycles. The van der Waals surface area contributed by atoms with E-state index in [1.807, 2.05) is 76.7 Å². The number of likely N-dealkylation sites (N-methyl/N-ethyl adjacent to an activating group) is 2. The predicted octanol–water partition coefficient (Wildman–Crippen LogP) is 2.59. The Kier molecular flexibility index (Phi) is 13.1. The van der Waals surface area contributed by atoms with Gasteiger partial charge in [-0.3, -0.25) is 19.2 Å². The Hall–Kier alpha value is -4.19. The number of ether oxygens (including phenoxy) is 2. The lowest BCUT2D eigenvalue weighted by molar-refractivity contribution is -0.146. The van der Waals surface area contributed by atoms with E-state index < -0.39 is 46.8 Å². The van der Waals surface area contributed by atoms with Gasteiger partial charge in [0.15, 0.2) is 0 Å². The summed E-state index contributed by atoms with van der Waals surface area (Å²) in [5.74, 6) is -2.39. The van der Waals surface area contributed by atoms with E-state index in [2.05, 4.69) is 20.7 Å². The number of fused-ring (bicyclic) bond motifs is 1. The molecule has 2 rings (SSSR count). The van der Waals surface area contributed by atoms with Crippen molar-refractivity contribution < 1.29 is 33.4 Å². The van der Waals surface area contributed by atoms with Crippen LogP contribution in [0.1, 0.15) is 59.9 Å². The first kappa shape index (κ1) is 38.0. The lowest BCUT2D eigenvalue weighted by Gasteiger charge is -2.38. The number of methoxy groups -OCH3 is 2. The number of rotatable bonds is 14. The van der Waals surface area contributed by atoms with Crippen molar-refractivity contribution in [2.75, 3.05) is 34.9 Å². The summed E-state index contributed by atoms with van der Waals surface area (Å²) in [6.45, 7) is 11.3. The Balaban J connectivity index is 2.20. The smallest absolute Gasteiger partial charge is 0.328 e. The number of aromatic nitrogens is 1. The van der Waals surface area contributed by atoms with Crippen LogP contribution >= 0.6 is 0 Å². The van der Waals surface area contributed by atoms with Crippen LogP contribution in [0, 0.1) is 5.41 Å². The number of carbonyl (C=O) groups is 5. The van der Waals surface area contributed by atoms with Crippen molar-refractivity contribution in [2.24, 2.45) is 12.5 Å². The number of nitrogens with zero attached hydrogens (tertiary/aromatic N) is 2. The number of benzene rings is 1. The zero-order valence-corrected chi connectivity index (χ0v) is 29.1. The van der Waals surface area contributed by atoms with Gasteiger partial charge in [-0.15, -0.1) is 0 Å². The number of hydrogen-bond acceptors (Lipinski definition) is 8. The fraction of sp³-hybridized carbons (Fsp3) is 0.559. The van der Waals surface area contributed by atoms with Crippen LogP contribution in [0.5, 0.6) is 0 Å². The third kappa shape index (κ3) is 9.18. The number of esters is 2. The number of nitrogens with one attached hydrogen (secondary N) is 3. The fourth-order valence-electron chi connectivity index (χ4n) is 5.41. The maximum atomic E-state index is 13.9. The van der Waals surface area contributed by atoms with Crippen molar-refractivity contribution in [3.05, 3.63) is 47.7 Å². The summed E-state index contributed by atoms with van der Waals surface area (Å²) in [6, 6.07) is 5.47. The molecule has 1 aromatic heterocycles. The average Bonchev–Trinajstić information content (AvgIpc) is 3.36. The zero-order chi connectivity index (χ0) is 35.0. The second-order valence-corrected chi connectivity index (χ2v) is 13.2. The summed E-state index contributed by atoms with van der Waals surface area (Å²) in [7, 11) is 7.73. The van der Waals surface area contributed by atoms with Crippen LogP contribution in [0.25, 0.3) is 10.9 Å². The number of para-hydroxylation sites is 1. The van der Waals surface area contributed by atoms with Gasteiger partial charge in [-0.1, -0.05) is 58.9 Å². The van der Waals surface area contributed by atoms with E-state index in [1.165, 1.54) is 19.1 Å². The van der Waals surface area contributed by atoms with Crippen LogP contribution in [0.15, 0.2) is 42.1 Å². The zero-order valence-electron chi connectivity index (χ0n) is 29.1. The van der Waals surface area contributed by atoms with Gasteiger partial charge in [0.2, 0.25) is 17.7 Å². The van der Waals surface area contributed by atoms with Crippen LogP contribution in [0.2, 0.25) is 0 Å². The SMILES string of the molecule is CNC(C(=O)NC(C(=O)N(C)C/C=C(\C)C(=O)NC(CCC(=O)OC)C(=O)OC)C(C)(C)C)C(C)(C)c1cn(C)c2ccccc12. The molecule has 0 aliphatic rings. The van der Waals surface area contributed by atoms with E-state index in [4.69, 9.17) is 4.74 Å². The molecule has 3 N–H and O–H groups in total. The van der Waals surface area contributed by atoms with E-state index in [1.54, 1.807) is 27.1 Å².